The lowest BCUT2D eigenvalue weighted by Gasteiger charge is -2.03. The van der Waals surface area contributed by atoms with Crippen LogP contribution in [0.1, 0.15) is 16.7 Å². The Labute approximate surface area is 94.7 Å². The van der Waals surface area contributed by atoms with Gasteiger partial charge in [0.05, 0.1) is 0 Å². The van der Waals surface area contributed by atoms with E-state index in [2.05, 4.69) is 42.2 Å². The Bertz CT molecular complexity index is 604. The molecule has 0 atom stereocenters. The normalized spacial score (nSPS) is 12.6. The summed E-state index contributed by atoms with van der Waals surface area (Å²) in [5.74, 6) is 5.74. The average Bonchev–Trinajstić information content (AvgIpc) is 2.74. The molecule has 16 heavy (non-hydrogen) atoms. The molecule has 0 heterocycles. The third-order valence-electron chi connectivity index (χ3n) is 3.18. The molecule has 2 aromatic carbocycles. The minimum atomic E-state index is -0.0804. The van der Waals surface area contributed by atoms with Gasteiger partial charge in [-0.2, -0.15) is 0 Å². The number of rotatable bonds is 0. The molecule has 0 spiro atoms. The maximum Gasteiger partial charge on any atom is 0.104 e. The molecular weight excluding hydrogens is 196 g/mol. The highest BCUT2D eigenvalue weighted by Gasteiger charge is 2.14. The van der Waals surface area contributed by atoms with Crippen LogP contribution in [0.4, 0.5) is 0 Å². The van der Waals surface area contributed by atoms with Crippen molar-refractivity contribution in [3.05, 3.63) is 47.0 Å². The van der Waals surface area contributed by atoms with Crippen LogP contribution in [-0.4, -0.2) is 11.7 Å². The summed E-state index contributed by atoms with van der Waals surface area (Å²) < 4.78 is 0. The third-order valence-corrected chi connectivity index (χ3v) is 3.18. The van der Waals surface area contributed by atoms with E-state index in [0.717, 1.165) is 18.4 Å². The predicted octanol–water partition coefficient (Wildman–Crippen LogP) is 2.28. The highest BCUT2D eigenvalue weighted by atomic mass is 16.2. The number of benzene rings is 2. The van der Waals surface area contributed by atoms with Gasteiger partial charge in [-0.3, -0.25) is 0 Å². The quantitative estimate of drug-likeness (QED) is 0.658. The Balaban J connectivity index is 2.34. The Hall–Kier alpha value is -1.78. The SMILES string of the molecule is OCC#Cc1ccc2c3c(cccc13)CC2. The maximum atomic E-state index is 8.75. The largest absolute Gasteiger partial charge is 0.384 e. The summed E-state index contributed by atoms with van der Waals surface area (Å²) in [6, 6.07) is 10.6. The summed E-state index contributed by atoms with van der Waals surface area (Å²) in [5.41, 5.74) is 3.89. The van der Waals surface area contributed by atoms with Crippen molar-refractivity contribution in [2.45, 2.75) is 12.8 Å². The van der Waals surface area contributed by atoms with Gasteiger partial charge in [0.25, 0.3) is 0 Å². The fourth-order valence-electron chi connectivity index (χ4n) is 2.49. The van der Waals surface area contributed by atoms with E-state index in [1.807, 2.05) is 0 Å². The minimum Gasteiger partial charge on any atom is -0.384 e. The van der Waals surface area contributed by atoms with Crippen molar-refractivity contribution in [1.82, 2.24) is 0 Å². The molecule has 3 rings (SSSR count). The monoisotopic (exact) mass is 208 g/mol. The lowest BCUT2D eigenvalue weighted by Crippen LogP contribution is -1.84. The first-order valence-corrected chi connectivity index (χ1v) is 5.53. The van der Waals surface area contributed by atoms with Crippen LogP contribution in [0.3, 0.4) is 0 Å². The molecular formula is C15H12O. The summed E-state index contributed by atoms with van der Waals surface area (Å²) in [4.78, 5) is 0. The van der Waals surface area contributed by atoms with Gasteiger partial charge in [0.15, 0.2) is 0 Å². The van der Waals surface area contributed by atoms with E-state index in [-0.39, 0.29) is 6.61 Å². The molecule has 0 aliphatic heterocycles. The molecule has 0 amide bonds. The van der Waals surface area contributed by atoms with Crippen LogP contribution >= 0.6 is 0 Å². The van der Waals surface area contributed by atoms with Crippen LogP contribution in [-0.2, 0) is 12.8 Å². The van der Waals surface area contributed by atoms with Gasteiger partial charge in [-0.25, -0.2) is 0 Å². The lowest BCUT2D eigenvalue weighted by molar-refractivity contribution is 0.350. The molecule has 0 fully saturated rings. The lowest BCUT2D eigenvalue weighted by atomic mass is 10.0. The number of aliphatic hydroxyl groups excluding tert-OH is 1. The van der Waals surface area contributed by atoms with Crippen molar-refractivity contribution < 1.29 is 5.11 Å². The highest BCUT2D eigenvalue weighted by Crippen LogP contribution is 2.32. The molecule has 1 heteroatoms. The van der Waals surface area contributed by atoms with Gasteiger partial charge in [0, 0.05) is 5.56 Å². The van der Waals surface area contributed by atoms with Gasteiger partial charge in [-0.05, 0) is 40.8 Å². The first-order valence-electron chi connectivity index (χ1n) is 5.53. The van der Waals surface area contributed by atoms with Crippen LogP contribution in [0.25, 0.3) is 10.8 Å². The van der Waals surface area contributed by atoms with E-state index in [9.17, 15) is 0 Å². The molecule has 78 valence electrons. The molecule has 1 aliphatic rings. The van der Waals surface area contributed by atoms with Crippen LogP contribution in [0, 0.1) is 11.8 Å². The second kappa shape index (κ2) is 3.66. The van der Waals surface area contributed by atoms with Gasteiger partial charge in [-0.15, -0.1) is 0 Å². The van der Waals surface area contributed by atoms with Gasteiger partial charge < -0.3 is 5.11 Å². The van der Waals surface area contributed by atoms with Crippen molar-refractivity contribution in [2.24, 2.45) is 0 Å². The molecule has 0 saturated carbocycles. The van der Waals surface area contributed by atoms with E-state index in [0.29, 0.717) is 0 Å². The van der Waals surface area contributed by atoms with E-state index < -0.39 is 0 Å². The second-order valence-corrected chi connectivity index (χ2v) is 4.07. The Morgan fingerprint density at radius 2 is 1.88 bits per heavy atom. The Morgan fingerprint density at radius 1 is 1.06 bits per heavy atom. The minimum absolute atomic E-state index is 0.0804. The van der Waals surface area contributed by atoms with E-state index in [1.54, 1.807) is 0 Å². The van der Waals surface area contributed by atoms with Crippen molar-refractivity contribution in [3.63, 3.8) is 0 Å². The first kappa shape index (κ1) is 9.45. The number of aryl methyl sites for hydroxylation is 2. The highest BCUT2D eigenvalue weighted by molar-refractivity contribution is 5.94. The van der Waals surface area contributed by atoms with Gasteiger partial charge >= 0.3 is 0 Å². The molecule has 1 nitrogen and oxygen atoms in total. The van der Waals surface area contributed by atoms with E-state index in [4.69, 9.17) is 5.11 Å². The van der Waals surface area contributed by atoms with E-state index in [1.165, 1.54) is 21.9 Å². The van der Waals surface area contributed by atoms with Crippen molar-refractivity contribution in [2.75, 3.05) is 6.61 Å². The zero-order valence-corrected chi connectivity index (χ0v) is 8.96. The summed E-state index contributed by atoms with van der Waals surface area (Å²) >= 11 is 0. The number of aliphatic hydroxyl groups is 1. The fourth-order valence-corrected chi connectivity index (χ4v) is 2.49. The summed E-state index contributed by atoms with van der Waals surface area (Å²) in [6.07, 6.45) is 2.28. The van der Waals surface area contributed by atoms with Crippen LogP contribution in [0.2, 0.25) is 0 Å². The predicted molar refractivity (Wildman–Crippen MR) is 65.3 cm³/mol. The Kier molecular flexibility index (Phi) is 2.16. The molecule has 2 aromatic rings. The van der Waals surface area contributed by atoms with Crippen LogP contribution in [0.5, 0.6) is 0 Å². The maximum absolute atomic E-state index is 8.75. The van der Waals surface area contributed by atoms with Crippen molar-refractivity contribution in [3.8, 4) is 11.8 Å². The molecule has 0 unspecified atom stereocenters. The number of hydrogen-bond donors (Lipinski definition) is 1. The van der Waals surface area contributed by atoms with Gasteiger partial charge in [-0.1, -0.05) is 36.1 Å². The second-order valence-electron chi connectivity index (χ2n) is 4.07. The summed E-state index contributed by atoms with van der Waals surface area (Å²) in [6.45, 7) is -0.0804. The van der Waals surface area contributed by atoms with Gasteiger partial charge in [0.2, 0.25) is 0 Å². The fraction of sp³-hybridized carbons (Fsp3) is 0.200. The van der Waals surface area contributed by atoms with Crippen LogP contribution < -0.4 is 0 Å². The smallest absolute Gasteiger partial charge is 0.104 e. The topological polar surface area (TPSA) is 20.2 Å². The molecule has 0 radical (unpaired) electrons. The standard InChI is InChI=1S/C15H12O/c16-10-2-4-11-6-7-13-9-8-12-3-1-5-14(11)15(12)13/h1,3,5-7,16H,8-10H2. The average molecular weight is 208 g/mol. The zero-order valence-electron chi connectivity index (χ0n) is 8.96. The molecule has 0 bridgehead atoms. The molecule has 1 aliphatic carbocycles. The number of hydrogen-bond acceptors (Lipinski definition) is 1. The first-order chi connectivity index (χ1) is 7.90. The summed E-state index contributed by atoms with van der Waals surface area (Å²) in [5, 5.41) is 11.4. The Morgan fingerprint density at radius 3 is 2.69 bits per heavy atom. The van der Waals surface area contributed by atoms with Crippen molar-refractivity contribution >= 4 is 10.8 Å². The summed E-state index contributed by atoms with van der Waals surface area (Å²) in [7, 11) is 0. The molecule has 0 aromatic heterocycles. The van der Waals surface area contributed by atoms with Gasteiger partial charge in [0.1, 0.15) is 6.61 Å². The van der Waals surface area contributed by atoms with E-state index >= 15 is 0 Å². The zero-order chi connectivity index (χ0) is 11.0. The molecule has 0 saturated heterocycles. The van der Waals surface area contributed by atoms with Crippen LogP contribution in [0.15, 0.2) is 30.3 Å². The third kappa shape index (κ3) is 1.31. The molecule has 1 N–H and O–H groups in total. The van der Waals surface area contributed by atoms with Crippen molar-refractivity contribution in [1.29, 1.82) is 0 Å².